The fraction of sp³-hybridized carbons (Fsp3) is 0.333. The van der Waals surface area contributed by atoms with Crippen LogP contribution in [0.2, 0.25) is 0 Å². The molecule has 1 aliphatic heterocycles. The van der Waals surface area contributed by atoms with Crippen LogP contribution < -0.4 is 9.47 Å². The Morgan fingerprint density at radius 3 is 1.24 bits per heavy atom. The Balaban J connectivity index is 1.89. The molecule has 0 saturated heterocycles. The molecule has 0 aromatic heterocycles. The molecule has 0 spiro atoms. The molecule has 9 heteroatoms. The van der Waals surface area contributed by atoms with Gasteiger partial charge in [-0.25, -0.2) is 26.3 Å². The van der Waals surface area contributed by atoms with Crippen molar-refractivity contribution in [3.05, 3.63) is 129 Å². The largest absolute Gasteiger partial charge is 0.496 e. The Bertz CT molecular complexity index is 2090. The van der Waals surface area contributed by atoms with Gasteiger partial charge >= 0.3 is 0 Å². The van der Waals surface area contributed by atoms with Gasteiger partial charge in [0.05, 0.1) is 21.3 Å². The van der Waals surface area contributed by atoms with Gasteiger partial charge in [-0.3, -0.25) is 0 Å². The average Bonchev–Trinajstić information content (AvgIpc) is 3.23. The Morgan fingerprint density at radius 2 is 0.926 bits per heavy atom. The van der Waals surface area contributed by atoms with Crippen molar-refractivity contribution in [1.82, 2.24) is 0 Å². The lowest BCUT2D eigenvalue weighted by Gasteiger charge is -2.41. The van der Waals surface area contributed by atoms with Crippen LogP contribution in [0.5, 0.6) is 11.5 Å². The summed E-state index contributed by atoms with van der Waals surface area (Å²) in [7, 11) is 5.05. The molecule has 1 unspecified atom stereocenters. The number of fused-ring (bicyclic) bond motifs is 3. The van der Waals surface area contributed by atoms with Gasteiger partial charge in [0, 0.05) is 38.9 Å². The van der Waals surface area contributed by atoms with Crippen LogP contribution in [0, 0.1) is 34.9 Å². The first kappa shape index (κ1) is 38.9. The van der Waals surface area contributed by atoms with Gasteiger partial charge < -0.3 is 14.0 Å². The Labute approximate surface area is 313 Å². The zero-order valence-electron chi connectivity index (χ0n) is 32.4. The van der Waals surface area contributed by atoms with Crippen molar-refractivity contribution in [1.29, 1.82) is 0 Å². The van der Waals surface area contributed by atoms with Gasteiger partial charge in [-0.1, -0.05) is 71.9 Å². The summed E-state index contributed by atoms with van der Waals surface area (Å²) in [4.78, 5) is 0. The van der Waals surface area contributed by atoms with Crippen molar-refractivity contribution >= 4 is 0 Å². The summed E-state index contributed by atoms with van der Waals surface area (Å²) in [6.07, 6.45) is 0. The molecule has 0 bridgehead atoms. The van der Waals surface area contributed by atoms with E-state index in [-0.39, 0.29) is 34.7 Å². The molecule has 1 aliphatic rings. The Kier molecular flexibility index (Phi) is 9.97. The summed E-state index contributed by atoms with van der Waals surface area (Å²) in [5.41, 5.74) is 5.08. The van der Waals surface area contributed by atoms with E-state index in [0.717, 1.165) is 41.0 Å². The van der Waals surface area contributed by atoms with E-state index in [1.54, 1.807) is 0 Å². The lowest BCUT2D eigenvalue weighted by atomic mass is 9.76. The molecular formula is C45H46F6NO2+. The second-order valence-electron chi connectivity index (χ2n) is 16.6. The third kappa shape index (κ3) is 6.65. The number of quaternary nitrogens is 1. The van der Waals surface area contributed by atoms with Gasteiger partial charge in [0.25, 0.3) is 0 Å². The summed E-state index contributed by atoms with van der Waals surface area (Å²) in [6.45, 7) is 14.6. The summed E-state index contributed by atoms with van der Waals surface area (Å²) in [5.74, 6) is -7.74. The molecular weight excluding hydrogens is 700 g/mol. The highest BCUT2D eigenvalue weighted by molar-refractivity contribution is 5.91. The van der Waals surface area contributed by atoms with E-state index in [2.05, 4.69) is 14.0 Å². The number of halogens is 6. The standard InChI is InChI=1S/C45H46F6NO2/c1-24(25-14-12-11-13-15-25)52(8)22-30-28(20-32(44(2,3)4)42(53-9)38(30)26-16-34(46)40(50)35(47)17-26)29-21-33(45(5,6)7)43(54-10)39(31(29)23-52)27-18-36(48)41(51)37(49)19-27/h11-21,24H,22-23H2,1-10H3/q+1. The van der Waals surface area contributed by atoms with Crippen LogP contribution in [0.1, 0.15) is 82.3 Å². The van der Waals surface area contributed by atoms with E-state index in [1.165, 1.54) is 14.2 Å². The van der Waals surface area contributed by atoms with Gasteiger partial charge in [-0.2, -0.15) is 0 Å². The molecule has 0 N–H and O–H groups in total. The van der Waals surface area contributed by atoms with Crippen molar-refractivity contribution < 1.29 is 40.3 Å². The van der Waals surface area contributed by atoms with Crippen LogP contribution >= 0.6 is 0 Å². The normalized spacial score (nSPS) is 14.6. The molecule has 0 fully saturated rings. The minimum absolute atomic E-state index is 0.0976. The molecule has 0 saturated carbocycles. The number of hydrogen-bond donors (Lipinski definition) is 0. The van der Waals surface area contributed by atoms with Crippen molar-refractivity contribution in [3.8, 4) is 44.9 Å². The number of rotatable bonds is 6. The van der Waals surface area contributed by atoms with Crippen LogP contribution in [0.4, 0.5) is 26.3 Å². The van der Waals surface area contributed by atoms with Crippen LogP contribution in [-0.2, 0) is 23.9 Å². The van der Waals surface area contributed by atoms with Crippen molar-refractivity contribution in [3.63, 3.8) is 0 Å². The first-order valence-corrected chi connectivity index (χ1v) is 17.9. The molecule has 5 aromatic rings. The monoisotopic (exact) mass is 746 g/mol. The topological polar surface area (TPSA) is 18.5 Å². The maximum absolute atomic E-state index is 15.2. The van der Waals surface area contributed by atoms with Crippen LogP contribution in [0.15, 0.2) is 66.7 Å². The molecule has 5 aromatic carbocycles. The van der Waals surface area contributed by atoms with Crippen molar-refractivity contribution in [2.45, 2.75) is 78.4 Å². The Hall–Kier alpha value is -4.76. The lowest BCUT2D eigenvalue weighted by molar-refractivity contribution is -0.962. The number of ether oxygens (including phenoxy) is 2. The van der Waals surface area contributed by atoms with Crippen LogP contribution in [-0.4, -0.2) is 25.8 Å². The van der Waals surface area contributed by atoms with E-state index in [9.17, 15) is 8.78 Å². The van der Waals surface area contributed by atoms with Gasteiger partial charge in [-0.15, -0.1) is 0 Å². The maximum Gasteiger partial charge on any atom is 0.194 e. The van der Waals surface area contributed by atoms with E-state index in [0.29, 0.717) is 44.9 Å². The molecule has 3 nitrogen and oxygen atoms in total. The number of nitrogens with zero attached hydrogens (tertiary/aromatic N) is 1. The SMILES string of the molecule is COc1c(C(C)(C)C)cc2c(c1-c1cc(F)c(F)c(F)c1)C[N+](C)(C(C)c1ccccc1)Cc1c-2cc(C(C)(C)C)c(OC)c1-c1cc(F)c(F)c(F)c1. The van der Waals surface area contributed by atoms with Crippen LogP contribution in [0.25, 0.3) is 33.4 Å². The number of hydrogen-bond acceptors (Lipinski definition) is 2. The summed E-state index contributed by atoms with van der Waals surface area (Å²) in [6, 6.07) is 17.6. The molecule has 0 amide bonds. The predicted molar refractivity (Wildman–Crippen MR) is 201 cm³/mol. The van der Waals surface area contributed by atoms with Crippen molar-refractivity contribution in [2.24, 2.45) is 0 Å². The van der Waals surface area contributed by atoms with Crippen LogP contribution in [0.3, 0.4) is 0 Å². The van der Waals surface area contributed by atoms with Gasteiger partial charge in [0.1, 0.15) is 30.6 Å². The third-order valence-electron chi connectivity index (χ3n) is 10.9. The highest BCUT2D eigenvalue weighted by atomic mass is 19.2. The number of benzene rings is 5. The second-order valence-corrected chi connectivity index (χ2v) is 16.6. The minimum atomic E-state index is -1.58. The lowest BCUT2D eigenvalue weighted by Crippen LogP contribution is -2.44. The second kappa shape index (κ2) is 13.8. The summed E-state index contributed by atoms with van der Waals surface area (Å²) >= 11 is 0. The molecule has 1 atom stereocenters. The van der Waals surface area contributed by atoms with Gasteiger partial charge in [0.15, 0.2) is 34.9 Å². The van der Waals surface area contributed by atoms with E-state index in [1.807, 2.05) is 84.0 Å². The molecule has 0 radical (unpaired) electrons. The first-order chi connectivity index (χ1) is 25.2. The fourth-order valence-corrected chi connectivity index (χ4v) is 7.91. The van der Waals surface area contributed by atoms with Crippen molar-refractivity contribution in [2.75, 3.05) is 21.3 Å². The van der Waals surface area contributed by atoms with E-state index in [4.69, 9.17) is 9.47 Å². The maximum atomic E-state index is 15.2. The molecule has 0 aliphatic carbocycles. The fourth-order valence-electron chi connectivity index (χ4n) is 7.91. The minimum Gasteiger partial charge on any atom is -0.496 e. The highest BCUT2D eigenvalue weighted by Gasteiger charge is 2.42. The predicted octanol–water partition coefficient (Wildman–Crippen LogP) is 12.4. The third-order valence-corrected chi connectivity index (χ3v) is 10.9. The first-order valence-electron chi connectivity index (χ1n) is 17.9. The van der Waals surface area contributed by atoms with Gasteiger partial charge in [-0.05, 0) is 76.4 Å². The zero-order chi connectivity index (χ0) is 39.7. The smallest absolute Gasteiger partial charge is 0.194 e. The molecule has 284 valence electrons. The summed E-state index contributed by atoms with van der Waals surface area (Å²) < 4.78 is 102. The molecule has 6 rings (SSSR count). The molecule has 1 heterocycles. The van der Waals surface area contributed by atoms with E-state index < -0.39 is 45.7 Å². The average molecular weight is 747 g/mol. The van der Waals surface area contributed by atoms with Gasteiger partial charge in [0.2, 0.25) is 0 Å². The Morgan fingerprint density at radius 1 is 0.574 bits per heavy atom. The zero-order valence-corrected chi connectivity index (χ0v) is 32.4. The van der Waals surface area contributed by atoms with E-state index >= 15 is 17.6 Å². The molecule has 54 heavy (non-hydrogen) atoms. The number of methoxy groups -OCH3 is 2. The quantitative estimate of drug-likeness (QED) is 0.0979. The highest BCUT2D eigenvalue weighted by Crippen LogP contribution is 2.54. The summed E-state index contributed by atoms with van der Waals surface area (Å²) in [5, 5.41) is 0.